The van der Waals surface area contributed by atoms with Crippen molar-refractivity contribution in [2.45, 2.75) is 12.7 Å². The Bertz CT molecular complexity index is 589. The Labute approximate surface area is 142 Å². The third-order valence-corrected chi connectivity index (χ3v) is 3.89. The minimum Gasteiger partial charge on any atom is -0.485 e. The lowest BCUT2D eigenvalue weighted by Crippen LogP contribution is -2.20. The molecule has 22 heavy (non-hydrogen) atoms. The van der Waals surface area contributed by atoms with Crippen LogP contribution in [0.15, 0.2) is 46.9 Å². The molecule has 6 heteroatoms. The maximum Gasteiger partial charge on any atom is 0.169 e. The van der Waals surface area contributed by atoms with Crippen molar-refractivity contribution in [2.24, 2.45) is 0 Å². The summed E-state index contributed by atoms with van der Waals surface area (Å²) in [5.41, 5.74) is 1.50. The molecule has 3 nitrogen and oxygen atoms in total. The van der Waals surface area contributed by atoms with E-state index < -0.39 is 11.9 Å². The van der Waals surface area contributed by atoms with Crippen LogP contribution in [0, 0.1) is 5.82 Å². The van der Waals surface area contributed by atoms with Crippen molar-refractivity contribution in [1.82, 2.24) is 0 Å². The minimum atomic E-state index is -0.683. The number of halogens is 3. The Kier molecular flexibility index (Phi) is 6.49. The van der Waals surface area contributed by atoms with Gasteiger partial charge in [0.05, 0.1) is 16.5 Å². The molecule has 118 valence electrons. The normalized spacial score (nSPS) is 12.0. The molecule has 0 aliphatic carbocycles. The lowest BCUT2D eigenvalue weighted by molar-refractivity contribution is 0.211. The van der Waals surface area contributed by atoms with E-state index in [-0.39, 0.29) is 24.8 Å². The Balaban J connectivity index is 2.03. The molecule has 0 radical (unpaired) electrons. The fourth-order valence-corrected chi connectivity index (χ4v) is 2.48. The molecule has 0 amide bonds. The molecule has 0 saturated heterocycles. The van der Waals surface area contributed by atoms with Gasteiger partial charge in [-0.05, 0) is 27.6 Å². The molecule has 2 aromatic carbocycles. The Morgan fingerprint density at radius 3 is 2.64 bits per heavy atom. The molecule has 2 rings (SSSR count). The highest BCUT2D eigenvalue weighted by Gasteiger charge is 2.12. The van der Waals surface area contributed by atoms with E-state index in [4.69, 9.17) is 16.3 Å². The van der Waals surface area contributed by atoms with Crippen LogP contribution >= 0.6 is 27.5 Å². The molecule has 1 atom stereocenters. The Hall–Kier alpha value is -1.30. The van der Waals surface area contributed by atoms with Gasteiger partial charge < -0.3 is 15.2 Å². The molecule has 2 aromatic rings. The van der Waals surface area contributed by atoms with E-state index in [0.717, 1.165) is 5.56 Å². The summed E-state index contributed by atoms with van der Waals surface area (Å²) in [6.45, 7) is 0.535. The van der Waals surface area contributed by atoms with Crippen LogP contribution in [0.25, 0.3) is 0 Å². The summed E-state index contributed by atoms with van der Waals surface area (Å²) in [6.07, 6.45) is -0.683. The van der Waals surface area contributed by atoms with Crippen LogP contribution in [0.1, 0.15) is 5.56 Å². The molecule has 0 aromatic heterocycles. The number of nitrogens with one attached hydrogen (secondary N) is 1. The lowest BCUT2D eigenvalue weighted by Gasteiger charge is -2.14. The van der Waals surface area contributed by atoms with Crippen LogP contribution in [0.2, 0.25) is 0 Å². The number of ether oxygens (including phenoxy) is 1. The van der Waals surface area contributed by atoms with Crippen LogP contribution in [-0.4, -0.2) is 23.6 Å². The van der Waals surface area contributed by atoms with Gasteiger partial charge in [-0.1, -0.05) is 30.3 Å². The molecular formula is C16H16BrClFNO2. The second kappa shape index (κ2) is 8.36. The zero-order chi connectivity index (χ0) is 15.9. The number of hydrogen-bond donors (Lipinski definition) is 2. The molecule has 0 aliphatic rings. The summed E-state index contributed by atoms with van der Waals surface area (Å²) >= 11 is 8.81. The SMILES string of the molecule is OC(CCl)CNc1cc(F)c(OCc2ccccc2)c(Br)c1. The van der Waals surface area contributed by atoms with Gasteiger partial charge in [-0.3, -0.25) is 0 Å². The van der Waals surface area contributed by atoms with Crippen molar-refractivity contribution < 1.29 is 14.2 Å². The third-order valence-electron chi connectivity index (χ3n) is 2.94. The number of anilines is 1. The third kappa shape index (κ3) is 4.87. The van der Waals surface area contributed by atoms with Gasteiger partial charge in [-0.15, -0.1) is 11.6 Å². The Morgan fingerprint density at radius 1 is 1.27 bits per heavy atom. The molecule has 1 unspecified atom stereocenters. The van der Waals surface area contributed by atoms with E-state index in [0.29, 0.717) is 10.2 Å². The second-order valence-corrected chi connectivity index (χ2v) is 5.90. The Morgan fingerprint density at radius 2 is 2.00 bits per heavy atom. The van der Waals surface area contributed by atoms with Crippen molar-refractivity contribution >= 4 is 33.2 Å². The van der Waals surface area contributed by atoms with Crippen molar-refractivity contribution in [3.63, 3.8) is 0 Å². The van der Waals surface area contributed by atoms with E-state index in [1.54, 1.807) is 6.07 Å². The number of aliphatic hydroxyl groups is 1. The predicted octanol–water partition coefficient (Wildman–Crippen LogP) is 4.18. The lowest BCUT2D eigenvalue weighted by atomic mass is 10.2. The number of aliphatic hydroxyl groups excluding tert-OH is 1. The highest BCUT2D eigenvalue weighted by molar-refractivity contribution is 9.10. The summed E-state index contributed by atoms with van der Waals surface area (Å²) < 4.78 is 20.2. The van der Waals surface area contributed by atoms with Crippen LogP contribution in [-0.2, 0) is 6.61 Å². The fraction of sp³-hybridized carbons (Fsp3) is 0.250. The first-order valence-corrected chi connectivity index (χ1v) is 8.06. The molecular weight excluding hydrogens is 373 g/mol. The standard InChI is InChI=1S/C16H16BrClFNO2/c17-14-6-12(20-9-13(21)8-18)7-15(19)16(14)22-10-11-4-2-1-3-5-11/h1-7,13,20-21H,8-10H2. The molecule has 0 aliphatic heterocycles. The van der Waals surface area contributed by atoms with Gasteiger partial charge in [-0.2, -0.15) is 0 Å². The first-order valence-electron chi connectivity index (χ1n) is 6.74. The highest BCUT2D eigenvalue weighted by atomic mass is 79.9. The van der Waals surface area contributed by atoms with Gasteiger partial charge in [0.15, 0.2) is 11.6 Å². The van der Waals surface area contributed by atoms with Crippen LogP contribution < -0.4 is 10.1 Å². The second-order valence-electron chi connectivity index (χ2n) is 4.73. The maximum absolute atomic E-state index is 14.1. The van der Waals surface area contributed by atoms with Crippen molar-refractivity contribution in [3.05, 3.63) is 58.3 Å². The average Bonchev–Trinajstić information content (AvgIpc) is 2.52. The largest absolute Gasteiger partial charge is 0.485 e. The van der Waals surface area contributed by atoms with Gasteiger partial charge in [0.25, 0.3) is 0 Å². The van der Waals surface area contributed by atoms with Crippen molar-refractivity contribution in [3.8, 4) is 5.75 Å². The maximum atomic E-state index is 14.1. The average molecular weight is 389 g/mol. The highest BCUT2D eigenvalue weighted by Crippen LogP contribution is 2.32. The summed E-state index contributed by atoms with van der Waals surface area (Å²) in [5, 5.41) is 12.3. The van der Waals surface area contributed by atoms with E-state index in [1.807, 2.05) is 30.3 Å². The van der Waals surface area contributed by atoms with E-state index in [9.17, 15) is 9.50 Å². The summed E-state index contributed by atoms with van der Waals surface area (Å²) in [7, 11) is 0. The molecule has 0 fully saturated rings. The van der Waals surface area contributed by atoms with E-state index in [1.165, 1.54) is 6.07 Å². The van der Waals surface area contributed by atoms with E-state index in [2.05, 4.69) is 21.2 Å². The van der Waals surface area contributed by atoms with Crippen molar-refractivity contribution in [1.29, 1.82) is 0 Å². The number of alkyl halides is 1. The smallest absolute Gasteiger partial charge is 0.169 e. The van der Waals surface area contributed by atoms with Gasteiger partial charge in [-0.25, -0.2) is 4.39 Å². The van der Waals surface area contributed by atoms with Gasteiger partial charge in [0.1, 0.15) is 6.61 Å². The summed E-state index contributed by atoms with van der Waals surface area (Å²) in [5.74, 6) is -0.199. The minimum absolute atomic E-state index is 0.120. The molecule has 0 bridgehead atoms. The first kappa shape index (κ1) is 17.1. The molecule has 0 heterocycles. The molecule has 0 spiro atoms. The van der Waals surface area contributed by atoms with E-state index >= 15 is 0 Å². The van der Waals surface area contributed by atoms with Crippen LogP contribution in [0.3, 0.4) is 0 Å². The predicted molar refractivity (Wildman–Crippen MR) is 90.1 cm³/mol. The zero-order valence-corrected chi connectivity index (χ0v) is 14.1. The summed E-state index contributed by atoms with van der Waals surface area (Å²) in [4.78, 5) is 0. The van der Waals surface area contributed by atoms with Gasteiger partial charge >= 0.3 is 0 Å². The van der Waals surface area contributed by atoms with Gasteiger partial charge in [0.2, 0.25) is 0 Å². The first-order chi connectivity index (χ1) is 10.6. The number of benzene rings is 2. The monoisotopic (exact) mass is 387 g/mol. The number of rotatable bonds is 7. The fourth-order valence-electron chi connectivity index (χ4n) is 1.82. The van der Waals surface area contributed by atoms with Gasteiger partial charge in [0, 0.05) is 18.3 Å². The zero-order valence-electron chi connectivity index (χ0n) is 11.7. The van der Waals surface area contributed by atoms with Crippen molar-refractivity contribution in [2.75, 3.05) is 17.7 Å². The van der Waals surface area contributed by atoms with Crippen LogP contribution in [0.4, 0.5) is 10.1 Å². The summed E-state index contributed by atoms with van der Waals surface area (Å²) in [6, 6.07) is 12.6. The molecule has 2 N–H and O–H groups in total. The quantitative estimate of drug-likeness (QED) is 0.699. The van der Waals surface area contributed by atoms with Crippen LogP contribution in [0.5, 0.6) is 5.75 Å². The number of hydrogen-bond acceptors (Lipinski definition) is 3. The molecule has 0 saturated carbocycles. The topological polar surface area (TPSA) is 41.5 Å².